The molecule has 5 heteroatoms. The van der Waals surface area contributed by atoms with Crippen molar-refractivity contribution in [2.45, 2.75) is 77.4 Å². The first-order valence-corrected chi connectivity index (χ1v) is 8.06. The molecule has 0 spiro atoms. The van der Waals surface area contributed by atoms with E-state index in [0.717, 1.165) is 6.42 Å². The van der Waals surface area contributed by atoms with Gasteiger partial charge in [0.2, 0.25) is 0 Å². The number of hydrogen-bond acceptors (Lipinski definition) is 3. The van der Waals surface area contributed by atoms with E-state index in [2.05, 4.69) is 17.2 Å². The fourth-order valence-electron chi connectivity index (χ4n) is 2.06. The molecule has 120 valence electrons. The predicted molar refractivity (Wildman–Crippen MR) is 84.6 cm³/mol. The van der Waals surface area contributed by atoms with Crippen LogP contribution in [-0.4, -0.2) is 35.6 Å². The number of aliphatic imine (C=N–C) groups is 1. The van der Waals surface area contributed by atoms with Crippen molar-refractivity contribution in [1.29, 1.82) is 0 Å². The van der Waals surface area contributed by atoms with Crippen LogP contribution in [0.1, 0.15) is 71.1 Å². The lowest BCUT2D eigenvalue weighted by Crippen LogP contribution is -2.42. The van der Waals surface area contributed by atoms with E-state index in [4.69, 9.17) is 15.9 Å². The third-order valence-electron chi connectivity index (χ3n) is 3.28. The smallest absolute Gasteiger partial charge is 0.190 e. The van der Waals surface area contributed by atoms with Crippen molar-refractivity contribution >= 4 is 5.96 Å². The topological polar surface area (TPSA) is 90.9 Å². The number of aliphatic hydroxyl groups is 2. The molecule has 0 amide bonds. The summed E-state index contributed by atoms with van der Waals surface area (Å²) in [6.45, 7) is 2.55. The monoisotopic (exact) mass is 287 g/mol. The van der Waals surface area contributed by atoms with Gasteiger partial charge in [-0.25, -0.2) is 0 Å². The van der Waals surface area contributed by atoms with E-state index in [9.17, 15) is 0 Å². The average molecular weight is 287 g/mol. The molecule has 5 nitrogen and oxygen atoms in total. The maximum absolute atomic E-state index is 9.08. The van der Waals surface area contributed by atoms with Gasteiger partial charge in [0.15, 0.2) is 5.96 Å². The number of rotatable bonds is 13. The summed E-state index contributed by atoms with van der Waals surface area (Å²) >= 11 is 0. The number of hydrogen-bond donors (Lipinski definition) is 4. The van der Waals surface area contributed by atoms with Gasteiger partial charge in [-0.1, -0.05) is 64.7 Å². The Morgan fingerprint density at radius 1 is 1.00 bits per heavy atom. The van der Waals surface area contributed by atoms with Crippen molar-refractivity contribution < 1.29 is 10.2 Å². The predicted octanol–water partition coefficient (Wildman–Crippen LogP) is 2.12. The Bertz CT molecular complexity index is 235. The van der Waals surface area contributed by atoms with E-state index in [1.807, 2.05) is 0 Å². The number of guanidine groups is 1. The van der Waals surface area contributed by atoms with Crippen molar-refractivity contribution in [1.82, 2.24) is 5.32 Å². The molecule has 0 aliphatic rings. The average Bonchev–Trinajstić information content (AvgIpc) is 2.44. The fraction of sp³-hybridized carbons (Fsp3) is 0.933. The van der Waals surface area contributed by atoms with E-state index in [1.165, 1.54) is 57.8 Å². The Kier molecular flexibility index (Phi) is 14.0. The summed E-state index contributed by atoms with van der Waals surface area (Å²) in [6, 6.07) is 0. The second kappa shape index (κ2) is 14.6. The van der Waals surface area contributed by atoms with E-state index in [1.54, 1.807) is 0 Å². The van der Waals surface area contributed by atoms with Crippen molar-refractivity contribution in [2.75, 3.05) is 13.2 Å². The second-order valence-corrected chi connectivity index (χ2v) is 5.29. The number of unbranched alkanes of at least 4 members (excludes halogenated alkanes) is 9. The van der Waals surface area contributed by atoms with Gasteiger partial charge in [-0.3, -0.25) is 4.99 Å². The maximum atomic E-state index is 9.08. The standard InChI is InChI=1S/C15H33N3O2/c1-2-3-4-5-6-7-8-9-10-11-12-17-15(16)18-14(20)13-19/h14,19-20H,2-13H2,1H3,(H3,16,17,18). The summed E-state index contributed by atoms with van der Waals surface area (Å²) in [5.74, 6) is 0.197. The van der Waals surface area contributed by atoms with Crippen LogP contribution in [-0.2, 0) is 0 Å². The molecule has 0 saturated heterocycles. The Morgan fingerprint density at radius 3 is 2.00 bits per heavy atom. The first-order chi connectivity index (χ1) is 9.70. The zero-order valence-electron chi connectivity index (χ0n) is 13.0. The van der Waals surface area contributed by atoms with Crippen molar-refractivity contribution in [3.05, 3.63) is 0 Å². The Labute approximate surface area is 123 Å². The van der Waals surface area contributed by atoms with Crippen molar-refractivity contribution in [3.63, 3.8) is 0 Å². The van der Waals surface area contributed by atoms with Crippen LogP contribution in [0.25, 0.3) is 0 Å². The number of nitrogens with one attached hydrogen (secondary N) is 1. The molecule has 0 aromatic heterocycles. The van der Waals surface area contributed by atoms with E-state index in [-0.39, 0.29) is 12.6 Å². The Morgan fingerprint density at radius 2 is 1.50 bits per heavy atom. The fourth-order valence-corrected chi connectivity index (χ4v) is 2.06. The van der Waals surface area contributed by atoms with Gasteiger partial charge in [-0.2, -0.15) is 0 Å². The van der Waals surface area contributed by atoms with Gasteiger partial charge < -0.3 is 21.3 Å². The molecular weight excluding hydrogens is 254 g/mol. The highest BCUT2D eigenvalue weighted by Gasteiger charge is 2.00. The molecule has 0 bridgehead atoms. The lowest BCUT2D eigenvalue weighted by Gasteiger charge is -2.09. The number of nitrogens with two attached hydrogens (primary N) is 1. The summed E-state index contributed by atoms with van der Waals surface area (Å²) in [5.41, 5.74) is 5.54. The molecule has 20 heavy (non-hydrogen) atoms. The highest BCUT2D eigenvalue weighted by atomic mass is 16.3. The van der Waals surface area contributed by atoms with Crippen molar-refractivity contribution in [2.24, 2.45) is 10.7 Å². The van der Waals surface area contributed by atoms with Crippen LogP contribution in [0.5, 0.6) is 0 Å². The molecular formula is C15H33N3O2. The van der Waals surface area contributed by atoms with E-state index >= 15 is 0 Å². The van der Waals surface area contributed by atoms with Gasteiger partial charge in [-0.15, -0.1) is 0 Å². The van der Waals surface area contributed by atoms with Crippen LogP contribution in [0.4, 0.5) is 0 Å². The van der Waals surface area contributed by atoms with E-state index < -0.39 is 6.23 Å². The lowest BCUT2D eigenvalue weighted by molar-refractivity contribution is 0.0837. The Balaban J connectivity index is 3.25. The second-order valence-electron chi connectivity index (χ2n) is 5.29. The molecule has 0 aliphatic carbocycles. The minimum Gasteiger partial charge on any atom is -0.392 e. The van der Waals surface area contributed by atoms with Gasteiger partial charge in [-0.05, 0) is 6.42 Å². The summed E-state index contributed by atoms with van der Waals surface area (Å²) in [4.78, 5) is 4.09. The quantitative estimate of drug-likeness (QED) is 0.181. The van der Waals surface area contributed by atoms with Crippen LogP contribution >= 0.6 is 0 Å². The molecule has 0 heterocycles. The molecule has 0 fully saturated rings. The number of nitrogens with zero attached hydrogens (tertiary/aromatic N) is 1. The largest absolute Gasteiger partial charge is 0.392 e. The van der Waals surface area contributed by atoms with Crippen LogP contribution in [0, 0.1) is 0 Å². The summed E-state index contributed by atoms with van der Waals surface area (Å²) in [5, 5.41) is 20.2. The normalized spacial score (nSPS) is 13.4. The molecule has 1 unspecified atom stereocenters. The van der Waals surface area contributed by atoms with Gasteiger partial charge in [0.1, 0.15) is 6.23 Å². The molecule has 0 saturated carbocycles. The van der Waals surface area contributed by atoms with Crippen LogP contribution in [0.15, 0.2) is 4.99 Å². The first-order valence-electron chi connectivity index (χ1n) is 8.06. The SMILES string of the molecule is CCCCCCCCCCCCN=C(N)NC(O)CO. The molecule has 5 N–H and O–H groups in total. The van der Waals surface area contributed by atoms with Crippen molar-refractivity contribution in [3.8, 4) is 0 Å². The molecule has 0 radical (unpaired) electrons. The zero-order valence-corrected chi connectivity index (χ0v) is 13.0. The summed E-state index contributed by atoms with van der Waals surface area (Å²) in [7, 11) is 0. The Hall–Kier alpha value is -0.810. The van der Waals surface area contributed by atoms with Crippen LogP contribution in [0.3, 0.4) is 0 Å². The highest BCUT2D eigenvalue weighted by molar-refractivity contribution is 5.77. The zero-order chi connectivity index (χ0) is 15.1. The van der Waals surface area contributed by atoms with Gasteiger partial charge in [0, 0.05) is 6.54 Å². The molecule has 0 aliphatic heterocycles. The number of aliphatic hydroxyl groups excluding tert-OH is 2. The molecule has 0 aromatic rings. The summed E-state index contributed by atoms with van der Waals surface area (Å²) < 4.78 is 0. The van der Waals surface area contributed by atoms with Gasteiger partial charge >= 0.3 is 0 Å². The minimum atomic E-state index is -1.02. The highest BCUT2D eigenvalue weighted by Crippen LogP contribution is 2.10. The first kappa shape index (κ1) is 19.2. The third kappa shape index (κ3) is 13.6. The van der Waals surface area contributed by atoms with E-state index in [0.29, 0.717) is 6.54 Å². The third-order valence-corrected chi connectivity index (χ3v) is 3.28. The van der Waals surface area contributed by atoms with Crippen LogP contribution < -0.4 is 11.1 Å². The van der Waals surface area contributed by atoms with Gasteiger partial charge in [0.05, 0.1) is 6.61 Å². The summed E-state index contributed by atoms with van der Waals surface area (Å²) in [6.07, 6.45) is 11.9. The van der Waals surface area contributed by atoms with Gasteiger partial charge in [0.25, 0.3) is 0 Å². The maximum Gasteiger partial charge on any atom is 0.190 e. The molecule has 0 aromatic carbocycles. The van der Waals surface area contributed by atoms with Crippen LogP contribution in [0.2, 0.25) is 0 Å². The lowest BCUT2D eigenvalue weighted by atomic mass is 10.1. The molecule has 0 rings (SSSR count). The molecule has 1 atom stereocenters. The minimum absolute atomic E-state index is 0.197.